The summed E-state index contributed by atoms with van der Waals surface area (Å²) in [6, 6.07) is 7.94. The van der Waals surface area contributed by atoms with Gasteiger partial charge in [-0.25, -0.2) is 0 Å². The van der Waals surface area contributed by atoms with E-state index in [1.54, 1.807) is 14.2 Å². The van der Waals surface area contributed by atoms with Gasteiger partial charge in [-0.1, -0.05) is 11.6 Å². The van der Waals surface area contributed by atoms with Crippen LogP contribution >= 0.6 is 11.6 Å². The minimum atomic E-state index is -0.0202. The van der Waals surface area contributed by atoms with Crippen molar-refractivity contribution in [2.75, 3.05) is 27.6 Å². The summed E-state index contributed by atoms with van der Waals surface area (Å²) >= 11 is 6.38. The zero-order valence-corrected chi connectivity index (χ0v) is 14.3. The third-order valence-corrected chi connectivity index (χ3v) is 4.88. The molecule has 24 heavy (non-hydrogen) atoms. The van der Waals surface area contributed by atoms with E-state index in [1.165, 1.54) is 5.56 Å². The second-order valence-electron chi connectivity index (χ2n) is 5.75. The Morgan fingerprint density at radius 1 is 1.08 bits per heavy atom. The highest BCUT2D eigenvalue weighted by atomic mass is 35.5. The Hall–Kier alpha value is -2.11. The van der Waals surface area contributed by atoms with Gasteiger partial charge in [0, 0.05) is 12.1 Å². The molecule has 0 spiro atoms. The van der Waals surface area contributed by atoms with Crippen molar-refractivity contribution in [3.63, 3.8) is 0 Å². The number of hydrogen-bond acceptors (Lipinski definition) is 5. The fraction of sp³-hybridized carbons (Fsp3) is 0.333. The first kappa shape index (κ1) is 15.4. The zero-order chi connectivity index (χ0) is 16.7. The van der Waals surface area contributed by atoms with Gasteiger partial charge in [0.1, 0.15) is 10.8 Å². The van der Waals surface area contributed by atoms with Gasteiger partial charge >= 0.3 is 0 Å². The van der Waals surface area contributed by atoms with Crippen LogP contribution in [0.5, 0.6) is 23.0 Å². The van der Waals surface area contributed by atoms with Crippen LogP contribution in [0.15, 0.2) is 24.3 Å². The lowest BCUT2D eigenvalue weighted by Gasteiger charge is -2.31. The molecule has 2 aromatic rings. The SMILES string of the molecule is COc1cc2c(cc1OC)C(c1ccc3c(Cl)c1OCO3)NCC2. The summed E-state index contributed by atoms with van der Waals surface area (Å²) in [6.07, 6.45) is 0.928. The molecule has 2 aromatic carbocycles. The molecule has 0 fully saturated rings. The number of ether oxygens (including phenoxy) is 4. The van der Waals surface area contributed by atoms with Gasteiger partial charge in [0.05, 0.1) is 20.3 Å². The van der Waals surface area contributed by atoms with Crippen LogP contribution in [0, 0.1) is 0 Å². The van der Waals surface area contributed by atoms with Crippen molar-refractivity contribution in [1.29, 1.82) is 0 Å². The average molecular weight is 348 g/mol. The summed E-state index contributed by atoms with van der Waals surface area (Å²) < 4.78 is 21.9. The van der Waals surface area contributed by atoms with E-state index < -0.39 is 0 Å². The van der Waals surface area contributed by atoms with Crippen LogP contribution in [0.4, 0.5) is 0 Å². The van der Waals surface area contributed by atoms with Crippen LogP contribution in [0.2, 0.25) is 5.02 Å². The van der Waals surface area contributed by atoms with E-state index in [-0.39, 0.29) is 12.8 Å². The molecule has 2 aliphatic heterocycles. The summed E-state index contributed by atoms with van der Waals surface area (Å²) in [5.41, 5.74) is 3.38. The number of benzene rings is 2. The lowest BCUT2D eigenvalue weighted by molar-refractivity contribution is 0.104. The predicted octanol–water partition coefficient (Wildman–Crippen LogP) is 3.32. The monoisotopic (exact) mass is 347 g/mol. The van der Waals surface area contributed by atoms with Crippen molar-refractivity contribution < 1.29 is 18.9 Å². The molecule has 0 amide bonds. The van der Waals surface area contributed by atoms with Gasteiger partial charge in [-0.3, -0.25) is 0 Å². The smallest absolute Gasteiger partial charge is 0.231 e. The number of fused-ring (bicyclic) bond motifs is 3. The van der Waals surface area contributed by atoms with Gasteiger partial charge in [0.2, 0.25) is 6.79 Å². The Labute approximate surface area is 145 Å². The molecule has 0 aromatic heterocycles. The van der Waals surface area contributed by atoms with Crippen LogP contribution in [0.25, 0.3) is 0 Å². The Balaban J connectivity index is 1.84. The molecule has 126 valence electrons. The quantitative estimate of drug-likeness (QED) is 0.923. The molecule has 1 unspecified atom stereocenters. The third-order valence-electron chi connectivity index (χ3n) is 4.52. The molecule has 1 atom stereocenters. The summed E-state index contributed by atoms with van der Waals surface area (Å²) in [5, 5.41) is 4.07. The number of halogens is 1. The van der Waals surface area contributed by atoms with Crippen molar-refractivity contribution in [1.82, 2.24) is 5.32 Å². The summed E-state index contributed by atoms with van der Waals surface area (Å²) in [6.45, 7) is 1.04. The average Bonchev–Trinajstić information content (AvgIpc) is 2.60. The number of methoxy groups -OCH3 is 2. The van der Waals surface area contributed by atoms with Gasteiger partial charge in [0.15, 0.2) is 17.2 Å². The first-order chi connectivity index (χ1) is 11.7. The van der Waals surface area contributed by atoms with E-state index in [0.717, 1.165) is 29.8 Å². The van der Waals surface area contributed by atoms with E-state index >= 15 is 0 Å². The Morgan fingerprint density at radius 3 is 2.67 bits per heavy atom. The van der Waals surface area contributed by atoms with Crippen LogP contribution in [0.1, 0.15) is 22.7 Å². The van der Waals surface area contributed by atoms with E-state index in [4.69, 9.17) is 30.5 Å². The maximum Gasteiger partial charge on any atom is 0.231 e. The fourth-order valence-corrected chi connectivity index (χ4v) is 3.63. The molecule has 2 aliphatic rings. The molecule has 5 nitrogen and oxygen atoms in total. The lowest BCUT2D eigenvalue weighted by Crippen LogP contribution is -2.31. The number of nitrogens with one attached hydrogen (secondary N) is 1. The van der Waals surface area contributed by atoms with Gasteiger partial charge < -0.3 is 24.3 Å². The molecule has 0 radical (unpaired) electrons. The largest absolute Gasteiger partial charge is 0.493 e. The van der Waals surface area contributed by atoms with Crippen LogP contribution in [-0.2, 0) is 6.42 Å². The van der Waals surface area contributed by atoms with E-state index in [0.29, 0.717) is 22.3 Å². The highest BCUT2D eigenvalue weighted by Gasteiger charge is 2.29. The fourth-order valence-electron chi connectivity index (χ4n) is 3.35. The van der Waals surface area contributed by atoms with Crippen molar-refractivity contribution in [2.45, 2.75) is 12.5 Å². The van der Waals surface area contributed by atoms with Gasteiger partial charge in [0.25, 0.3) is 0 Å². The second-order valence-corrected chi connectivity index (χ2v) is 6.12. The highest BCUT2D eigenvalue weighted by molar-refractivity contribution is 6.33. The molecule has 6 heteroatoms. The van der Waals surface area contributed by atoms with Crippen molar-refractivity contribution in [3.8, 4) is 23.0 Å². The van der Waals surface area contributed by atoms with Crippen LogP contribution in [0.3, 0.4) is 0 Å². The predicted molar refractivity (Wildman–Crippen MR) is 90.7 cm³/mol. The first-order valence-electron chi connectivity index (χ1n) is 7.79. The van der Waals surface area contributed by atoms with Crippen LogP contribution in [-0.4, -0.2) is 27.6 Å². The molecule has 0 aliphatic carbocycles. The van der Waals surface area contributed by atoms with E-state index in [9.17, 15) is 0 Å². The maximum absolute atomic E-state index is 6.38. The summed E-state index contributed by atoms with van der Waals surface area (Å²) in [7, 11) is 3.30. The maximum atomic E-state index is 6.38. The summed E-state index contributed by atoms with van der Waals surface area (Å²) in [4.78, 5) is 0. The van der Waals surface area contributed by atoms with Crippen molar-refractivity contribution >= 4 is 11.6 Å². The third kappa shape index (κ3) is 2.36. The molecule has 2 bridgehead atoms. The van der Waals surface area contributed by atoms with Gasteiger partial charge in [-0.05, 0) is 41.8 Å². The lowest BCUT2D eigenvalue weighted by atomic mass is 9.88. The summed E-state index contributed by atoms with van der Waals surface area (Å²) in [5.74, 6) is 2.80. The first-order valence-corrected chi connectivity index (χ1v) is 8.17. The second kappa shape index (κ2) is 6.07. The standard InChI is InChI=1S/C18H18ClNO4/c1-21-14-7-10-5-6-20-17(12(10)8-15(14)22-2)11-3-4-13-16(19)18(11)24-9-23-13/h3-4,7-8,17,20H,5-6,9H2,1-2H3. The molecular formula is C18H18ClNO4. The highest BCUT2D eigenvalue weighted by Crippen LogP contribution is 2.45. The molecule has 0 saturated carbocycles. The number of hydrogen-bond donors (Lipinski definition) is 1. The molecule has 2 heterocycles. The van der Waals surface area contributed by atoms with Gasteiger partial charge in [-0.15, -0.1) is 0 Å². The minimum absolute atomic E-state index is 0.0202. The minimum Gasteiger partial charge on any atom is -0.493 e. The normalized spacial score (nSPS) is 18.2. The Bertz CT molecular complexity index is 793. The van der Waals surface area contributed by atoms with Crippen molar-refractivity contribution in [3.05, 3.63) is 46.0 Å². The topological polar surface area (TPSA) is 49.0 Å². The van der Waals surface area contributed by atoms with E-state index in [1.807, 2.05) is 24.3 Å². The molecule has 4 rings (SSSR count). The molecule has 0 saturated heterocycles. The Kier molecular flexibility index (Phi) is 3.90. The Morgan fingerprint density at radius 2 is 1.88 bits per heavy atom. The zero-order valence-electron chi connectivity index (χ0n) is 13.5. The molecule has 1 N–H and O–H groups in total. The van der Waals surface area contributed by atoms with Gasteiger partial charge in [-0.2, -0.15) is 0 Å². The number of rotatable bonds is 3. The van der Waals surface area contributed by atoms with E-state index in [2.05, 4.69) is 5.32 Å². The molecular weight excluding hydrogens is 330 g/mol. The van der Waals surface area contributed by atoms with Crippen molar-refractivity contribution in [2.24, 2.45) is 0 Å². The van der Waals surface area contributed by atoms with Crippen LogP contribution < -0.4 is 24.3 Å².